The summed E-state index contributed by atoms with van der Waals surface area (Å²) < 4.78 is 5.85. The van der Waals surface area contributed by atoms with E-state index in [1.54, 1.807) is 12.1 Å². The van der Waals surface area contributed by atoms with Gasteiger partial charge >= 0.3 is 5.97 Å². The van der Waals surface area contributed by atoms with E-state index in [1.807, 2.05) is 6.07 Å². The topological polar surface area (TPSA) is 100 Å². The van der Waals surface area contributed by atoms with Crippen molar-refractivity contribution in [3.8, 4) is 0 Å². The molecular weight excluding hydrogens is 426 g/mol. The van der Waals surface area contributed by atoms with E-state index in [0.29, 0.717) is 23.9 Å². The predicted molar refractivity (Wildman–Crippen MR) is 100 cm³/mol. The number of amides is 2. The van der Waals surface area contributed by atoms with Gasteiger partial charge in [-0.1, -0.05) is 27.5 Å². The molecule has 3 N–H and O–H groups in total. The number of carbonyl (C=O) groups is 3. The van der Waals surface area contributed by atoms with Crippen LogP contribution < -0.4 is 10.6 Å². The van der Waals surface area contributed by atoms with Crippen LogP contribution in [0.2, 0.25) is 5.02 Å². The van der Waals surface area contributed by atoms with Gasteiger partial charge < -0.3 is 20.4 Å². The monoisotopic (exact) mass is 441 g/mol. The number of carbonyl (C=O) groups excluding carboxylic acids is 3. The summed E-state index contributed by atoms with van der Waals surface area (Å²) in [6.45, 7) is 0.118. The predicted octanol–water partition coefficient (Wildman–Crippen LogP) is 2.53. The normalized spacial score (nSPS) is 17.5. The third-order valence-corrected chi connectivity index (χ3v) is 4.99. The molecule has 0 aliphatic carbocycles. The van der Waals surface area contributed by atoms with Crippen LogP contribution in [-0.2, 0) is 14.3 Å². The van der Waals surface area contributed by atoms with Crippen LogP contribution >= 0.6 is 27.5 Å². The first-order valence-electron chi connectivity index (χ1n) is 8.16. The molecule has 0 saturated carbocycles. The van der Waals surface area contributed by atoms with Gasteiger partial charge in [-0.15, -0.1) is 0 Å². The maximum atomic E-state index is 12.2. The number of hydrogen-bond donors (Lipinski definition) is 3. The third-order valence-electron chi connectivity index (χ3n) is 4.11. The number of hydrogen-bond acceptors (Lipinski definition) is 4. The molecule has 7 nitrogen and oxygen atoms in total. The van der Waals surface area contributed by atoms with Gasteiger partial charge in [-0.2, -0.15) is 0 Å². The highest BCUT2D eigenvalue weighted by Gasteiger charge is 2.24. The second-order valence-corrected chi connectivity index (χ2v) is 7.28. The van der Waals surface area contributed by atoms with Gasteiger partial charge in [0.25, 0.3) is 5.91 Å². The first-order valence-corrected chi connectivity index (χ1v) is 9.33. The fourth-order valence-corrected chi connectivity index (χ4v) is 3.43. The molecule has 2 heterocycles. The highest BCUT2D eigenvalue weighted by molar-refractivity contribution is 9.10. The van der Waals surface area contributed by atoms with Crippen LogP contribution in [0.5, 0.6) is 0 Å². The Morgan fingerprint density at radius 1 is 1.35 bits per heavy atom. The molecule has 1 aromatic heterocycles. The third kappa shape index (κ3) is 4.19. The summed E-state index contributed by atoms with van der Waals surface area (Å²) in [5.74, 6) is -1.48. The molecule has 3 rings (SSSR count). The number of aromatic nitrogens is 1. The largest absolute Gasteiger partial charge is 0.451 e. The van der Waals surface area contributed by atoms with E-state index >= 15 is 0 Å². The highest BCUT2D eigenvalue weighted by atomic mass is 79.9. The zero-order valence-corrected chi connectivity index (χ0v) is 16.1. The van der Waals surface area contributed by atoms with E-state index in [0.717, 1.165) is 17.3 Å². The number of esters is 1. The SMILES string of the molecule is O=C(COC(=O)c1[nH]c2ccc(Br)cc2c1Cl)N[C@H]1CCCCNC1=O. The van der Waals surface area contributed by atoms with Gasteiger partial charge in [-0.25, -0.2) is 4.79 Å². The van der Waals surface area contributed by atoms with Crippen molar-refractivity contribution in [2.24, 2.45) is 0 Å². The fraction of sp³-hybridized carbons (Fsp3) is 0.353. The van der Waals surface area contributed by atoms with Crippen LogP contribution in [0.3, 0.4) is 0 Å². The van der Waals surface area contributed by atoms with E-state index < -0.39 is 24.5 Å². The lowest BCUT2D eigenvalue weighted by Gasteiger charge is -2.15. The zero-order valence-electron chi connectivity index (χ0n) is 13.7. The summed E-state index contributed by atoms with van der Waals surface area (Å²) in [4.78, 5) is 38.9. The van der Waals surface area contributed by atoms with Crippen LogP contribution in [0.15, 0.2) is 22.7 Å². The van der Waals surface area contributed by atoms with Gasteiger partial charge in [0.2, 0.25) is 5.91 Å². The Morgan fingerprint density at radius 3 is 2.96 bits per heavy atom. The molecule has 1 atom stereocenters. The Kier molecular flexibility index (Phi) is 5.83. The standard InChI is InChI=1S/C17H17BrClN3O4/c18-9-4-5-11-10(7-9)14(19)15(22-11)17(25)26-8-13(23)21-12-3-1-2-6-20-16(12)24/h4-5,7,12,22H,1-3,6,8H2,(H,20,24)(H,21,23)/t12-/m0/s1. The molecule has 0 unspecified atom stereocenters. The summed E-state index contributed by atoms with van der Waals surface area (Å²) >= 11 is 9.57. The van der Waals surface area contributed by atoms with Crippen LogP contribution in [0.1, 0.15) is 29.8 Å². The molecule has 1 aliphatic rings. The number of fused-ring (bicyclic) bond motifs is 1. The van der Waals surface area contributed by atoms with Crippen LogP contribution in [0, 0.1) is 0 Å². The minimum atomic E-state index is -0.734. The van der Waals surface area contributed by atoms with E-state index in [4.69, 9.17) is 16.3 Å². The van der Waals surface area contributed by atoms with Crippen molar-refractivity contribution in [2.45, 2.75) is 25.3 Å². The number of nitrogens with one attached hydrogen (secondary N) is 3. The van der Waals surface area contributed by atoms with Crippen molar-refractivity contribution < 1.29 is 19.1 Å². The van der Waals surface area contributed by atoms with Gasteiger partial charge in [0.1, 0.15) is 11.7 Å². The summed E-state index contributed by atoms with van der Waals surface area (Å²) in [6, 6.07) is 4.77. The van der Waals surface area contributed by atoms with Crippen molar-refractivity contribution in [2.75, 3.05) is 13.2 Å². The van der Waals surface area contributed by atoms with Crippen molar-refractivity contribution in [3.63, 3.8) is 0 Å². The number of H-pyrrole nitrogens is 1. The minimum Gasteiger partial charge on any atom is -0.451 e. The van der Waals surface area contributed by atoms with E-state index in [-0.39, 0.29) is 16.6 Å². The number of ether oxygens (including phenoxy) is 1. The number of benzene rings is 1. The van der Waals surface area contributed by atoms with Crippen LogP contribution in [0.25, 0.3) is 10.9 Å². The van der Waals surface area contributed by atoms with Gasteiger partial charge in [0, 0.05) is 21.9 Å². The minimum absolute atomic E-state index is 0.0831. The summed E-state index contributed by atoms with van der Waals surface area (Å²) in [5.41, 5.74) is 0.768. The van der Waals surface area contributed by atoms with Crippen molar-refractivity contribution >= 4 is 56.2 Å². The average Bonchev–Trinajstić information content (AvgIpc) is 2.80. The van der Waals surface area contributed by atoms with Gasteiger partial charge in [0.15, 0.2) is 6.61 Å². The summed E-state index contributed by atoms with van der Waals surface area (Å²) in [6.07, 6.45) is 2.28. The Bertz CT molecular complexity index is 867. The molecule has 1 fully saturated rings. The lowest BCUT2D eigenvalue weighted by atomic mass is 10.1. The second kappa shape index (κ2) is 8.09. The molecule has 2 amide bonds. The number of aromatic amines is 1. The van der Waals surface area contributed by atoms with Crippen molar-refractivity contribution in [3.05, 3.63) is 33.4 Å². The van der Waals surface area contributed by atoms with Crippen LogP contribution in [-0.4, -0.2) is 42.0 Å². The average molecular weight is 443 g/mol. The summed E-state index contributed by atoms with van der Waals surface area (Å²) in [7, 11) is 0. The fourth-order valence-electron chi connectivity index (χ4n) is 2.79. The van der Waals surface area contributed by atoms with Crippen molar-refractivity contribution in [1.29, 1.82) is 0 Å². The first-order chi connectivity index (χ1) is 12.5. The molecule has 1 aromatic carbocycles. The molecule has 0 radical (unpaired) electrons. The highest BCUT2D eigenvalue weighted by Crippen LogP contribution is 2.30. The quantitative estimate of drug-likeness (QED) is 0.634. The lowest BCUT2D eigenvalue weighted by molar-refractivity contribution is -0.130. The molecule has 1 aliphatic heterocycles. The van der Waals surface area contributed by atoms with Gasteiger partial charge in [-0.05, 0) is 37.5 Å². The second-order valence-electron chi connectivity index (χ2n) is 5.99. The van der Waals surface area contributed by atoms with E-state index in [9.17, 15) is 14.4 Å². The Labute approximate surface area is 162 Å². The Hall–Kier alpha value is -2.06. The smallest absolute Gasteiger partial charge is 0.356 e. The molecule has 1 saturated heterocycles. The molecular formula is C17H17BrClN3O4. The van der Waals surface area contributed by atoms with Gasteiger partial charge in [-0.3, -0.25) is 9.59 Å². The maximum absolute atomic E-state index is 12.2. The molecule has 9 heteroatoms. The molecule has 26 heavy (non-hydrogen) atoms. The molecule has 138 valence electrons. The molecule has 2 aromatic rings. The van der Waals surface area contributed by atoms with Crippen LogP contribution in [0.4, 0.5) is 0 Å². The zero-order chi connectivity index (χ0) is 18.7. The molecule has 0 bridgehead atoms. The Balaban J connectivity index is 1.61. The first kappa shape index (κ1) is 18.7. The number of halogens is 2. The lowest BCUT2D eigenvalue weighted by Crippen LogP contribution is -2.46. The Morgan fingerprint density at radius 2 is 2.15 bits per heavy atom. The van der Waals surface area contributed by atoms with Gasteiger partial charge in [0.05, 0.1) is 5.02 Å². The summed E-state index contributed by atoms with van der Waals surface area (Å²) in [5, 5.41) is 6.22. The van der Waals surface area contributed by atoms with E-state index in [1.165, 1.54) is 0 Å². The maximum Gasteiger partial charge on any atom is 0.356 e. The van der Waals surface area contributed by atoms with Crippen molar-refractivity contribution in [1.82, 2.24) is 15.6 Å². The van der Waals surface area contributed by atoms with E-state index in [2.05, 4.69) is 31.5 Å². The molecule has 0 spiro atoms. The number of rotatable bonds is 4.